The molecule has 1 saturated heterocycles. The Morgan fingerprint density at radius 1 is 1.46 bits per heavy atom. The molecule has 8 heteroatoms. The van der Waals surface area contributed by atoms with Gasteiger partial charge in [0.25, 0.3) is 11.5 Å². The van der Waals surface area contributed by atoms with Crippen LogP contribution in [0.2, 0.25) is 0 Å². The summed E-state index contributed by atoms with van der Waals surface area (Å²) >= 11 is 0. The number of nitrogens with zero attached hydrogens (tertiary/aromatic N) is 3. The Morgan fingerprint density at radius 2 is 2.29 bits per heavy atom. The molecular weight excluding hydrogens is 312 g/mol. The van der Waals surface area contributed by atoms with Gasteiger partial charge in [0.05, 0.1) is 12.1 Å². The third kappa shape index (κ3) is 3.70. The third-order valence-corrected chi connectivity index (χ3v) is 3.78. The number of pyridine rings is 1. The second-order valence-electron chi connectivity index (χ2n) is 5.69. The van der Waals surface area contributed by atoms with Gasteiger partial charge < -0.3 is 14.7 Å². The summed E-state index contributed by atoms with van der Waals surface area (Å²) < 4.78 is 5.84. The van der Waals surface area contributed by atoms with Crippen LogP contribution in [0.15, 0.2) is 29.2 Å². The Kier molecular flexibility index (Phi) is 4.45. The van der Waals surface area contributed by atoms with Crippen molar-refractivity contribution in [2.75, 3.05) is 13.1 Å². The number of hydrogen-bond acceptors (Lipinski definition) is 6. The van der Waals surface area contributed by atoms with Gasteiger partial charge in [0.1, 0.15) is 11.9 Å². The van der Waals surface area contributed by atoms with Crippen LogP contribution >= 0.6 is 0 Å². The third-order valence-electron chi connectivity index (χ3n) is 3.78. The van der Waals surface area contributed by atoms with Crippen molar-refractivity contribution in [2.24, 2.45) is 0 Å². The van der Waals surface area contributed by atoms with Crippen LogP contribution in [-0.2, 0) is 0 Å². The van der Waals surface area contributed by atoms with Gasteiger partial charge in [0.2, 0.25) is 5.88 Å². The fourth-order valence-electron chi connectivity index (χ4n) is 2.72. The van der Waals surface area contributed by atoms with E-state index < -0.39 is 5.56 Å². The molecule has 126 valence electrons. The van der Waals surface area contributed by atoms with E-state index in [1.165, 1.54) is 12.1 Å². The van der Waals surface area contributed by atoms with Crippen molar-refractivity contribution >= 4 is 5.91 Å². The summed E-state index contributed by atoms with van der Waals surface area (Å²) in [5.41, 5.74) is -0.352. The number of hydrogen-bond donors (Lipinski definition) is 2. The molecular formula is C16H18N4O4. The number of aromatic hydroxyl groups is 1. The summed E-state index contributed by atoms with van der Waals surface area (Å²) in [6.07, 6.45) is 3.05. The molecule has 0 radical (unpaired) electrons. The van der Waals surface area contributed by atoms with Crippen molar-refractivity contribution in [1.29, 1.82) is 0 Å². The molecule has 2 aromatic rings. The molecule has 24 heavy (non-hydrogen) atoms. The quantitative estimate of drug-likeness (QED) is 0.864. The number of likely N-dealkylation sites (tertiary alicyclic amines) is 1. The zero-order valence-corrected chi connectivity index (χ0v) is 13.2. The number of piperidine rings is 1. The summed E-state index contributed by atoms with van der Waals surface area (Å²) in [7, 11) is 0. The number of aromatic amines is 1. The minimum absolute atomic E-state index is 0.162. The van der Waals surface area contributed by atoms with Crippen LogP contribution in [0, 0.1) is 6.92 Å². The highest BCUT2D eigenvalue weighted by Gasteiger charge is 2.26. The number of H-pyrrole nitrogens is 1. The summed E-state index contributed by atoms with van der Waals surface area (Å²) in [4.78, 5) is 36.0. The molecule has 1 atom stereocenters. The highest BCUT2D eigenvalue weighted by Crippen LogP contribution is 2.18. The largest absolute Gasteiger partial charge is 0.494 e. The molecule has 1 amide bonds. The van der Waals surface area contributed by atoms with Crippen LogP contribution in [0.5, 0.6) is 11.8 Å². The highest BCUT2D eigenvalue weighted by atomic mass is 16.5. The van der Waals surface area contributed by atoms with Gasteiger partial charge in [-0.25, -0.2) is 4.98 Å². The number of aromatic nitrogens is 3. The molecule has 0 bridgehead atoms. The van der Waals surface area contributed by atoms with Crippen LogP contribution in [0.1, 0.15) is 29.0 Å². The molecule has 2 aromatic heterocycles. The number of amides is 1. The number of ether oxygens (including phenoxy) is 1. The Morgan fingerprint density at radius 3 is 3.04 bits per heavy atom. The Balaban J connectivity index is 1.70. The highest BCUT2D eigenvalue weighted by molar-refractivity contribution is 5.94. The van der Waals surface area contributed by atoms with Gasteiger partial charge in [0, 0.05) is 30.9 Å². The van der Waals surface area contributed by atoms with Gasteiger partial charge >= 0.3 is 0 Å². The first-order valence-electron chi connectivity index (χ1n) is 7.70. The number of carbonyl (C=O) groups excluding carboxylic acids is 1. The van der Waals surface area contributed by atoms with Crippen LogP contribution in [-0.4, -0.2) is 50.1 Å². The topological polar surface area (TPSA) is 108 Å². The number of carbonyl (C=O) groups is 1. The molecule has 0 aromatic carbocycles. The van der Waals surface area contributed by atoms with Crippen molar-refractivity contribution < 1.29 is 14.6 Å². The SMILES string of the molecule is Cc1nccc(OC2CCCN(C(=O)c3cc(O)[nH]c(=O)c3)C2)n1. The lowest BCUT2D eigenvalue weighted by Crippen LogP contribution is -2.44. The van der Waals surface area contributed by atoms with E-state index in [0.717, 1.165) is 12.8 Å². The predicted molar refractivity (Wildman–Crippen MR) is 85.1 cm³/mol. The fourth-order valence-corrected chi connectivity index (χ4v) is 2.72. The summed E-state index contributed by atoms with van der Waals surface area (Å²) in [5, 5.41) is 9.45. The summed E-state index contributed by atoms with van der Waals surface area (Å²) in [6, 6.07) is 4.12. The van der Waals surface area contributed by atoms with E-state index in [1.54, 1.807) is 24.1 Å². The summed E-state index contributed by atoms with van der Waals surface area (Å²) in [5.74, 6) is 0.474. The van der Waals surface area contributed by atoms with Crippen molar-refractivity contribution in [2.45, 2.75) is 25.9 Å². The summed E-state index contributed by atoms with van der Waals surface area (Å²) in [6.45, 7) is 2.76. The molecule has 8 nitrogen and oxygen atoms in total. The molecule has 0 aliphatic carbocycles. The van der Waals surface area contributed by atoms with Crippen LogP contribution in [0.4, 0.5) is 0 Å². The fraction of sp³-hybridized carbons (Fsp3) is 0.375. The Labute approximate surface area is 138 Å². The van der Waals surface area contributed by atoms with E-state index in [4.69, 9.17) is 4.74 Å². The zero-order valence-electron chi connectivity index (χ0n) is 13.2. The molecule has 1 fully saturated rings. The van der Waals surface area contributed by atoms with Crippen molar-refractivity contribution in [3.63, 3.8) is 0 Å². The normalized spacial score (nSPS) is 17.5. The average Bonchev–Trinajstić information content (AvgIpc) is 2.53. The van der Waals surface area contributed by atoms with Crippen molar-refractivity contribution in [3.05, 3.63) is 46.1 Å². The number of nitrogens with one attached hydrogen (secondary N) is 1. The van der Waals surface area contributed by atoms with E-state index in [0.29, 0.717) is 24.8 Å². The van der Waals surface area contributed by atoms with E-state index >= 15 is 0 Å². The second kappa shape index (κ2) is 6.69. The molecule has 0 spiro atoms. The van der Waals surface area contributed by atoms with Crippen molar-refractivity contribution in [3.8, 4) is 11.8 Å². The van der Waals surface area contributed by atoms with Gasteiger partial charge in [-0.15, -0.1) is 0 Å². The molecule has 2 N–H and O–H groups in total. The molecule has 3 rings (SSSR count). The monoisotopic (exact) mass is 330 g/mol. The first-order valence-corrected chi connectivity index (χ1v) is 7.70. The number of rotatable bonds is 3. The van der Waals surface area contributed by atoms with Crippen molar-refractivity contribution in [1.82, 2.24) is 19.9 Å². The van der Waals surface area contributed by atoms with E-state index in [9.17, 15) is 14.7 Å². The van der Waals surface area contributed by atoms with Crippen LogP contribution in [0.3, 0.4) is 0 Å². The van der Waals surface area contributed by atoms with Gasteiger partial charge in [-0.2, -0.15) is 4.98 Å². The minimum Gasteiger partial charge on any atom is -0.494 e. The lowest BCUT2D eigenvalue weighted by Gasteiger charge is -2.32. The van der Waals surface area contributed by atoms with Crippen LogP contribution in [0.25, 0.3) is 0 Å². The van der Waals surface area contributed by atoms with E-state index in [1.807, 2.05) is 0 Å². The van der Waals surface area contributed by atoms with Gasteiger partial charge in [0.15, 0.2) is 5.88 Å². The predicted octanol–water partition coefficient (Wildman–Crippen LogP) is 0.863. The average molecular weight is 330 g/mol. The van der Waals surface area contributed by atoms with E-state index in [2.05, 4.69) is 15.0 Å². The second-order valence-corrected chi connectivity index (χ2v) is 5.69. The minimum atomic E-state index is -0.514. The lowest BCUT2D eigenvalue weighted by molar-refractivity contribution is 0.0526. The van der Waals surface area contributed by atoms with Gasteiger partial charge in [-0.3, -0.25) is 14.6 Å². The smallest absolute Gasteiger partial charge is 0.254 e. The first-order chi connectivity index (χ1) is 11.5. The first kappa shape index (κ1) is 16.0. The van der Waals surface area contributed by atoms with Gasteiger partial charge in [-0.05, 0) is 19.8 Å². The zero-order chi connectivity index (χ0) is 17.1. The maximum absolute atomic E-state index is 12.5. The molecule has 3 heterocycles. The molecule has 1 aliphatic heterocycles. The lowest BCUT2D eigenvalue weighted by atomic mass is 10.1. The number of aryl methyl sites for hydroxylation is 1. The maximum atomic E-state index is 12.5. The standard InChI is InChI=1S/C16H18N4O4/c1-10-17-5-4-15(18-10)24-12-3-2-6-20(9-12)16(23)11-7-13(21)19-14(22)8-11/h4-5,7-8,12H,2-3,6,9H2,1H3,(H2,19,21,22). The Hall–Kier alpha value is -2.90. The molecule has 0 saturated carbocycles. The van der Waals surface area contributed by atoms with Crippen LogP contribution < -0.4 is 10.3 Å². The Bertz CT molecular complexity index is 805. The molecule has 1 unspecified atom stereocenters. The van der Waals surface area contributed by atoms with E-state index in [-0.39, 0.29) is 23.5 Å². The maximum Gasteiger partial charge on any atom is 0.254 e. The molecule has 1 aliphatic rings. The van der Waals surface area contributed by atoms with Gasteiger partial charge in [-0.1, -0.05) is 0 Å².